The van der Waals surface area contributed by atoms with Crippen LogP contribution in [0.1, 0.15) is 33.5 Å². The molecule has 5 heteroatoms. The van der Waals surface area contributed by atoms with Gasteiger partial charge in [0.25, 0.3) is 5.91 Å². The van der Waals surface area contributed by atoms with E-state index in [0.29, 0.717) is 5.56 Å². The Morgan fingerprint density at radius 1 is 1.04 bits per heavy atom. The third-order valence-electron chi connectivity index (χ3n) is 4.64. The number of hydrogen-bond donors (Lipinski definition) is 3. The van der Waals surface area contributed by atoms with Gasteiger partial charge in [-0.1, -0.05) is 36.4 Å². The van der Waals surface area contributed by atoms with Crippen LogP contribution in [-0.2, 0) is 6.42 Å². The summed E-state index contributed by atoms with van der Waals surface area (Å²) in [6, 6.07) is 14.2. The number of hydrogen-bond acceptors (Lipinski definition) is 4. The van der Waals surface area contributed by atoms with Crippen LogP contribution in [0, 0.1) is 0 Å². The lowest BCUT2D eigenvalue weighted by molar-refractivity contribution is 0.0952. The Kier molecular flexibility index (Phi) is 4.34. The maximum Gasteiger partial charge on any atom is 0.275 e. The van der Waals surface area contributed by atoms with E-state index < -0.39 is 5.91 Å². The Labute approximate surface area is 156 Å². The van der Waals surface area contributed by atoms with Crippen LogP contribution in [-0.4, -0.2) is 22.3 Å². The number of nitrogens with zero attached hydrogens (tertiary/aromatic N) is 1. The second-order valence-electron chi connectivity index (χ2n) is 6.47. The van der Waals surface area contributed by atoms with Crippen molar-refractivity contribution in [2.75, 3.05) is 0 Å². The summed E-state index contributed by atoms with van der Waals surface area (Å²) in [5.74, 6) is -0.509. The van der Waals surface area contributed by atoms with Gasteiger partial charge in [-0.15, -0.1) is 0 Å². The number of hydrazone groups is 1. The van der Waals surface area contributed by atoms with Crippen LogP contribution in [0.25, 0.3) is 16.8 Å². The fourth-order valence-electron chi connectivity index (χ4n) is 3.22. The van der Waals surface area contributed by atoms with Crippen molar-refractivity contribution in [3.05, 3.63) is 76.9 Å². The molecule has 0 aromatic heterocycles. The largest absolute Gasteiger partial charge is 0.507 e. The first kappa shape index (κ1) is 16.8. The van der Waals surface area contributed by atoms with Gasteiger partial charge in [0.05, 0.1) is 11.8 Å². The van der Waals surface area contributed by atoms with Gasteiger partial charge in [-0.25, -0.2) is 5.43 Å². The van der Waals surface area contributed by atoms with Gasteiger partial charge in [0.2, 0.25) is 0 Å². The molecule has 0 radical (unpaired) electrons. The summed E-state index contributed by atoms with van der Waals surface area (Å²) in [7, 11) is 0. The Bertz CT molecular complexity index is 1100. The molecule has 134 valence electrons. The van der Waals surface area contributed by atoms with Crippen molar-refractivity contribution in [3.63, 3.8) is 0 Å². The van der Waals surface area contributed by atoms with Gasteiger partial charge in [-0.3, -0.25) is 4.79 Å². The number of carbonyl (C=O) groups is 1. The Balaban J connectivity index is 1.54. The smallest absolute Gasteiger partial charge is 0.275 e. The van der Waals surface area contributed by atoms with E-state index in [1.165, 1.54) is 6.21 Å². The van der Waals surface area contributed by atoms with E-state index in [1.807, 2.05) is 36.4 Å². The summed E-state index contributed by atoms with van der Waals surface area (Å²) in [5.41, 5.74) is 5.20. The zero-order valence-corrected chi connectivity index (χ0v) is 14.5. The van der Waals surface area contributed by atoms with E-state index in [1.54, 1.807) is 18.2 Å². The molecule has 1 amide bonds. The van der Waals surface area contributed by atoms with E-state index >= 15 is 0 Å². The lowest BCUT2D eigenvalue weighted by atomic mass is 9.95. The summed E-state index contributed by atoms with van der Waals surface area (Å²) >= 11 is 0. The Morgan fingerprint density at radius 3 is 2.63 bits per heavy atom. The molecule has 3 aromatic carbocycles. The normalized spacial score (nSPS) is 13.0. The first-order chi connectivity index (χ1) is 13.1. The van der Waals surface area contributed by atoms with Gasteiger partial charge >= 0.3 is 0 Å². The number of phenolic OH excluding ortho intramolecular Hbond substituents is 2. The lowest BCUT2D eigenvalue weighted by Crippen LogP contribution is -2.17. The molecule has 0 fully saturated rings. The number of phenols is 2. The van der Waals surface area contributed by atoms with Crippen LogP contribution < -0.4 is 5.43 Å². The standard InChI is InChI=1S/C22H18N2O3/c25-20-11-16-7-3-1-5-14(16)9-18(20)13-23-24-22(27)19-10-15-6-2-4-8-17(15)12-21(19)26/h1-2,4-6,8-13,25-26H,3,7H2,(H,24,27)/b23-13+. The van der Waals surface area contributed by atoms with Crippen LogP contribution >= 0.6 is 0 Å². The number of aryl methyl sites for hydroxylation is 1. The van der Waals surface area contributed by atoms with Gasteiger partial charge in [0.1, 0.15) is 11.5 Å². The summed E-state index contributed by atoms with van der Waals surface area (Å²) in [4.78, 5) is 12.4. The van der Waals surface area contributed by atoms with Crippen LogP contribution in [0.2, 0.25) is 0 Å². The SMILES string of the molecule is O=C(N/N=C/c1cc2c(cc1O)CCC=C2)c1cc2ccccc2cc1O. The van der Waals surface area contributed by atoms with Gasteiger partial charge < -0.3 is 10.2 Å². The third kappa shape index (κ3) is 3.40. The number of rotatable bonds is 3. The van der Waals surface area contributed by atoms with Gasteiger partial charge in [-0.2, -0.15) is 5.10 Å². The van der Waals surface area contributed by atoms with Crippen molar-refractivity contribution in [1.29, 1.82) is 0 Å². The van der Waals surface area contributed by atoms with Crippen LogP contribution in [0.4, 0.5) is 0 Å². The van der Waals surface area contributed by atoms with Crippen LogP contribution in [0.3, 0.4) is 0 Å². The maximum atomic E-state index is 12.4. The maximum absolute atomic E-state index is 12.4. The van der Waals surface area contributed by atoms with E-state index in [-0.39, 0.29) is 17.1 Å². The fourth-order valence-corrected chi connectivity index (χ4v) is 3.22. The summed E-state index contributed by atoms with van der Waals surface area (Å²) in [6.07, 6.45) is 7.36. The molecule has 1 aliphatic rings. The Morgan fingerprint density at radius 2 is 1.81 bits per heavy atom. The van der Waals surface area contributed by atoms with Crippen molar-refractivity contribution in [2.24, 2.45) is 5.10 Å². The minimum Gasteiger partial charge on any atom is -0.507 e. The number of carbonyl (C=O) groups excluding carboxylic acids is 1. The number of amides is 1. The third-order valence-corrected chi connectivity index (χ3v) is 4.64. The molecule has 27 heavy (non-hydrogen) atoms. The molecule has 0 aliphatic heterocycles. The molecule has 0 heterocycles. The lowest BCUT2D eigenvalue weighted by Gasteiger charge is -2.12. The molecule has 0 saturated carbocycles. The minimum absolute atomic E-state index is 0.108. The summed E-state index contributed by atoms with van der Waals surface area (Å²) in [5, 5.41) is 25.9. The molecular weight excluding hydrogens is 340 g/mol. The monoisotopic (exact) mass is 358 g/mol. The van der Waals surface area contributed by atoms with Gasteiger partial charge in [0, 0.05) is 5.56 Å². The highest BCUT2D eigenvalue weighted by Crippen LogP contribution is 2.27. The number of allylic oxidation sites excluding steroid dienone is 1. The predicted octanol–water partition coefficient (Wildman–Crippen LogP) is 3.97. The minimum atomic E-state index is -0.521. The number of benzene rings is 3. The van der Waals surface area contributed by atoms with E-state index in [4.69, 9.17) is 0 Å². The second-order valence-corrected chi connectivity index (χ2v) is 6.47. The molecule has 0 spiro atoms. The van der Waals surface area contributed by atoms with Crippen molar-refractivity contribution < 1.29 is 15.0 Å². The second kappa shape index (κ2) is 6.96. The average molecular weight is 358 g/mol. The highest BCUT2D eigenvalue weighted by atomic mass is 16.3. The molecule has 0 unspecified atom stereocenters. The Hall–Kier alpha value is -3.60. The van der Waals surface area contributed by atoms with E-state index in [0.717, 1.165) is 34.7 Å². The highest BCUT2D eigenvalue weighted by Gasteiger charge is 2.12. The van der Waals surface area contributed by atoms with Crippen molar-refractivity contribution in [3.8, 4) is 11.5 Å². The molecule has 5 nitrogen and oxygen atoms in total. The zero-order chi connectivity index (χ0) is 18.8. The van der Waals surface area contributed by atoms with Gasteiger partial charge in [-0.05, 0) is 59.0 Å². The highest BCUT2D eigenvalue weighted by molar-refractivity contribution is 6.01. The number of aromatic hydroxyl groups is 2. The average Bonchev–Trinajstić information content (AvgIpc) is 2.67. The predicted molar refractivity (Wildman–Crippen MR) is 106 cm³/mol. The van der Waals surface area contributed by atoms with Crippen molar-refractivity contribution >= 4 is 29.0 Å². The number of nitrogens with one attached hydrogen (secondary N) is 1. The first-order valence-corrected chi connectivity index (χ1v) is 8.69. The van der Waals surface area contributed by atoms with Crippen molar-refractivity contribution in [1.82, 2.24) is 5.43 Å². The molecule has 0 bridgehead atoms. The molecule has 0 atom stereocenters. The molecule has 4 rings (SSSR count). The first-order valence-electron chi connectivity index (χ1n) is 8.69. The molecular formula is C22H18N2O3. The number of fused-ring (bicyclic) bond motifs is 2. The fraction of sp³-hybridized carbons (Fsp3) is 0.0909. The van der Waals surface area contributed by atoms with Crippen LogP contribution in [0.5, 0.6) is 11.5 Å². The summed E-state index contributed by atoms with van der Waals surface area (Å²) < 4.78 is 0. The summed E-state index contributed by atoms with van der Waals surface area (Å²) in [6.45, 7) is 0. The quantitative estimate of drug-likeness (QED) is 0.489. The molecule has 1 aliphatic carbocycles. The van der Waals surface area contributed by atoms with E-state index in [2.05, 4.69) is 16.6 Å². The van der Waals surface area contributed by atoms with Crippen molar-refractivity contribution in [2.45, 2.75) is 12.8 Å². The molecule has 3 aromatic rings. The molecule has 3 N–H and O–H groups in total. The van der Waals surface area contributed by atoms with Gasteiger partial charge in [0.15, 0.2) is 0 Å². The van der Waals surface area contributed by atoms with Crippen LogP contribution in [0.15, 0.2) is 59.7 Å². The zero-order valence-electron chi connectivity index (χ0n) is 14.5. The molecule has 0 saturated heterocycles. The van der Waals surface area contributed by atoms with E-state index in [9.17, 15) is 15.0 Å². The topological polar surface area (TPSA) is 81.9 Å².